The lowest BCUT2D eigenvalue weighted by Crippen LogP contribution is -2.11. The van der Waals surface area contributed by atoms with Gasteiger partial charge in [0, 0.05) is 0 Å². The first-order valence-corrected chi connectivity index (χ1v) is 7.27. The zero-order valence-corrected chi connectivity index (χ0v) is 13.6. The van der Waals surface area contributed by atoms with Gasteiger partial charge in [-0.2, -0.15) is 0 Å². The first-order chi connectivity index (χ1) is 10.2. The minimum atomic E-state index is 0.155. The summed E-state index contributed by atoms with van der Waals surface area (Å²) in [7, 11) is 6.66. The fourth-order valence-electron chi connectivity index (χ4n) is 1.91. The number of nitrogens with one attached hydrogen (secondary N) is 1. The van der Waals surface area contributed by atoms with Crippen molar-refractivity contribution in [2.75, 3.05) is 28.4 Å². The number of rotatable bonds is 6. The molecule has 1 atom stereocenters. The molecule has 21 heavy (non-hydrogen) atoms. The number of ether oxygens (including phenoxy) is 3. The Labute approximate surface area is 128 Å². The molecular formula is C14H19N3O3S. The Kier molecular flexibility index (Phi) is 4.98. The minimum absolute atomic E-state index is 0.155. The van der Waals surface area contributed by atoms with Gasteiger partial charge < -0.3 is 19.5 Å². The van der Waals surface area contributed by atoms with Crippen molar-refractivity contribution in [1.29, 1.82) is 0 Å². The highest BCUT2D eigenvalue weighted by atomic mass is 32.1. The lowest BCUT2D eigenvalue weighted by molar-refractivity contribution is 0.325. The van der Waals surface area contributed by atoms with Crippen molar-refractivity contribution in [3.8, 4) is 27.8 Å². The van der Waals surface area contributed by atoms with Crippen LogP contribution >= 0.6 is 11.3 Å². The van der Waals surface area contributed by atoms with Gasteiger partial charge in [0.05, 0.1) is 32.9 Å². The number of benzene rings is 1. The van der Waals surface area contributed by atoms with Crippen LogP contribution in [-0.2, 0) is 0 Å². The summed E-state index contributed by atoms with van der Waals surface area (Å²) in [4.78, 5) is 0. The smallest absolute Gasteiger partial charge is 0.204 e. The second-order valence-corrected chi connectivity index (χ2v) is 5.35. The van der Waals surface area contributed by atoms with E-state index < -0.39 is 0 Å². The van der Waals surface area contributed by atoms with Gasteiger partial charge in [0.15, 0.2) is 16.5 Å². The second-order valence-electron chi connectivity index (χ2n) is 4.34. The third kappa shape index (κ3) is 2.93. The molecule has 6 nitrogen and oxygen atoms in total. The molecule has 0 saturated heterocycles. The third-order valence-corrected chi connectivity index (χ3v) is 4.32. The summed E-state index contributed by atoms with van der Waals surface area (Å²) in [5, 5.41) is 13.3. The van der Waals surface area contributed by atoms with E-state index in [1.165, 1.54) is 11.3 Å². The zero-order valence-electron chi connectivity index (χ0n) is 12.8. The molecule has 0 aliphatic rings. The fraction of sp³-hybridized carbons (Fsp3) is 0.429. The van der Waals surface area contributed by atoms with E-state index in [9.17, 15) is 0 Å². The van der Waals surface area contributed by atoms with Crippen molar-refractivity contribution in [1.82, 2.24) is 15.5 Å². The maximum atomic E-state index is 5.48. The van der Waals surface area contributed by atoms with Crippen LogP contribution in [0.5, 0.6) is 17.2 Å². The molecule has 2 rings (SSSR count). The summed E-state index contributed by atoms with van der Waals surface area (Å²) in [5.74, 6) is 1.76. The second kappa shape index (κ2) is 6.73. The number of nitrogens with zero attached hydrogens (tertiary/aromatic N) is 2. The molecule has 1 aromatic heterocycles. The molecule has 0 aliphatic heterocycles. The van der Waals surface area contributed by atoms with Gasteiger partial charge in [-0.25, -0.2) is 0 Å². The average Bonchev–Trinajstić information content (AvgIpc) is 3.02. The molecular weight excluding hydrogens is 290 g/mol. The van der Waals surface area contributed by atoms with E-state index in [-0.39, 0.29) is 6.04 Å². The Bertz CT molecular complexity index is 616. The standard InChI is InChI=1S/C14H19N3O3S/c1-8(15-2)13-16-17-14(21-13)9-6-7-10(18-3)12(20-5)11(9)19-4/h6-8,15H,1-5H3. The molecule has 0 bridgehead atoms. The first-order valence-electron chi connectivity index (χ1n) is 6.46. The highest BCUT2D eigenvalue weighted by Crippen LogP contribution is 2.45. The molecule has 114 valence electrons. The minimum Gasteiger partial charge on any atom is -0.493 e. The quantitative estimate of drug-likeness (QED) is 0.884. The summed E-state index contributed by atoms with van der Waals surface area (Å²) in [6.07, 6.45) is 0. The Morgan fingerprint density at radius 2 is 1.76 bits per heavy atom. The molecule has 1 N–H and O–H groups in total. The molecule has 0 fully saturated rings. The summed E-state index contributed by atoms with van der Waals surface area (Å²) >= 11 is 1.52. The van der Waals surface area contributed by atoms with Crippen LogP contribution in [0, 0.1) is 0 Å². The lowest BCUT2D eigenvalue weighted by atomic mass is 10.2. The molecule has 7 heteroatoms. The maximum absolute atomic E-state index is 5.48. The van der Waals surface area contributed by atoms with Crippen LogP contribution in [0.25, 0.3) is 10.6 Å². The van der Waals surface area contributed by atoms with Crippen LogP contribution in [0.3, 0.4) is 0 Å². The van der Waals surface area contributed by atoms with E-state index in [2.05, 4.69) is 15.5 Å². The molecule has 0 aliphatic carbocycles. The summed E-state index contributed by atoms with van der Waals surface area (Å²) < 4.78 is 16.2. The van der Waals surface area contributed by atoms with Gasteiger partial charge in [-0.3, -0.25) is 0 Å². The van der Waals surface area contributed by atoms with E-state index >= 15 is 0 Å². The largest absolute Gasteiger partial charge is 0.493 e. The van der Waals surface area contributed by atoms with Gasteiger partial charge in [-0.1, -0.05) is 11.3 Å². The summed E-state index contributed by atoms with van der Waals surface area (Å²) in [6.45, 7) is 2.04. The Hall–Kier alpha value is -1.86. The zero-order chi connectivity index (χ0) is 15.4. The van der Waals surface area contributed by atoms with Crippen LogP contribution < -0.4 is 19.5 Å². The fourth-order valence-corrected chi connectivity index (χ4v) is 2.84. The molecule has 2 aromatic rings. The van der Waals surface area contributed by atoms with Crippen LogP contribution in [0.4, 0.5) is 0 Å². The predicted octanol–water partition coefficient (Wildman–Crippen LogP) is 2.51. The molecule has 0 radical (unpaired) electrons. The van der Waals surface area contributed by atoms with Crippen LogP contribution in [-0.4, -0.2) is 38.6 Å². The third-order valence-electron chi connectivity index (χ3n) is 3.18. The number of hydrogen-bond donors (Lipinski definition) is 1. The normalized spacial score (nSPS) is 12.0. The Balaban J connectivity index is 2.51. The molecule has 1 heterocycles. The van der Waals surface area contributed by atoms with Crippen molar-refractivity contribution in [3.63, 3.8) is 0 Å². The van der Waals surface area contributed by atoms with Gasteiger partial charge in [0.25, 0.3) is 0 Å². The van der Waals surface area contributed by atoms with E-state index in [1.807, 2.05) is 26.1 Å². The molecule has 1 unspecified atom stereocenters. The van der Waals surface area contributed by atoms with E-state index in [4.69, 9.17) is 14.2 Å². The maximum Gasteiger partial charge on any atom is 0.204 e. The highest BCUT2D eigenvalue weighted by molar-refractivity contribution is 7.14. The monoisotopic (exact) mass is 309 g/mol. The van der Waals surface area contributed by atoms with E-state index in [0.717, 1.165) is 15.6 Å². The van der Waals surface area contributed by atoms with Gasteiger partial charge in [-0.15, -0.1) is 10.2 Å². The Morgan fingerprint density at radius 3 is 2.33 bits per heavy atom. The van der Waals surface area contributed by atoms with E-state index in [0.29, 0.717) is 17.2 Å². The van der Waals surface area contributed by atoms with Gasteiger partial charge >= 0.3 is 0 Å². The molecule has 1 aromatic carbocycles. The SMILES string of the molecule is CNC(C)c1nnc(-c2ccc(OC)c(OC)c2OC)s1. The average molecular weight is 309 g/mol. The first kappa shape index (κ1) is 15.5. The van der Waals surface area contributed by atoms with Gasteiger partial charge in [-0.05, 0) is 26.1 Å². The molecule has 0 amide bonds. The van der Waals surface area contributed by atoms with Crippen LogP contribution in [0.1, 0.15) is 18.0 Å². The summed E-state index contributed by atoms with van der Waals surface area (Å²) in [5.41, 5.74) is 0.835. The number of methoxy groups -OCH3 is 3. The van der Waals surface area contributed by atoms with Gasteiger partial charge in [0.1, 0.15) is 5.01 Å². The van der Waals surface area contributed by atoms with Crippen molar-refractivity contribution >= 4 is 11.3 Å². The van der Waals surface area contributed by atoms with Crippen molar-refractivity contribution in [2.24, 2.45) is 0 Å². The van der Waals surface area contributed by atoms with Crippen LogP contribution in [0.2, 0.25) is 0 Å². The van der Waals surface area contributed by atoms with E-state index in [1.54, 1.807) is 21.3 Å². The molecule has 0 saturated carbocycles. The highest BCUT2D eigenvalue weighted by Gasteiger charge is 2.20. The topological polar surface area (TPSA) is 65.5 Å². The lowest BCUT2D eigenvalue weighted by Gasteiger charge is -2.14. The van der Waals surface area contributed by atoms with Crippen LogP contribution in [0.15, 0.2) is 12.1 Å². The number of hydrogen-bond acceptors (Lipinski definition) is 7. The van der Waals surface area contributed by atoms with Crippen molar-refractivity contribution in [3.05, 3.63) is 17.1 Å². The van der Waals surface area contributed by atoms with Gasteiger partial charge in [0.2, 0.25) is 5.75 Å². The number of aromatic nitrogens is 2. The Morgan fingerprint density at radius 1 is 1.05 bits per heavy atom. The predicted molar refractivity (Wildman–Crippen MR) is 82.5 cm³/mol. The van der Waals surface area contributed by atoms with Crippen molar-refractivity contribution < 1.29 is 14.2 Å². The molecule has 0 spiro atoms. The van der Waals surface area contributed by atoms with Crippen molar-refractivity contribution in [2.45, 2.75) is 13.0 Å². The summed E-state index contributed by atoms with van der Waals surface area (Å²) in [6, 6.07) is 3.88.